The summed E-state index contributed by atoms with van der Waals surface area (Å²) in [5, 5.41) is 12.9. The van der Waals surface area contributed by atoms with Gasteiger partial charge in [-0.15, -0.1) is 0 Å². The van der Waals surface area contributed by atoms with Gasteiger partial charge in [0.1, 0.15) is 0 Å². The summed E-state index contributed by atoms with van der Waals surface area (Å²) in [4.78, 5) is 0. The Morgan fingerprint density at radius 3 is 1.34 bits per heavy atom. The van der Waals surface area contributed by atoms with Crippen molar-refractivity contribution in [2.45, 2.75) is 41.5 Å². The quantitative estimate of drug-likeness (QED) is 0.334. The Hall–Kier alpha value is -3.36. The molecule has 0 heterocycles. The zero-order valence-electron chi connectivity index (χ0n) is 19.8. The molecule has 4 aromatic rings. The number of nitrogens with zero attached hydrogens (tertiary/aromatic N) is 1. The smallest absolute Gasteiger partial charge is 0.0850 e. The lowest BCUT2D eigenvalue weighted by molar-refractivity contribution is 0.302. The largest absolute Gasteiger partial charge is 0.283 e. The molecule has 0 saturated carbocycles. The molecule has 0 aliphatic carbocycles. The summed E-state index contributed by atoms with van der Waals surface area (Å²) < 4.78 is 0. The SMILES string of the molecule is Cc1cc(C)c(-c2cccc(-c3c(C)cc(C)cc3C)c2N(O)c2ccccc2)c(C)c1. The summed E-state index contributed by atoms with van der Waals surface area (Å²) in [6.45, 7) is 12.9. The second-order valence-electron chi connectivity index (χ2n) is 8.90. The van der Waals surface area contributed by atoms with Crippen LogP contribution in [0.25, 0.3) is 22.3 Å². The highest BCUT2D eigenvalue weighted by Gasteiger charge is 2.22. The molecule has 0 atom stereocenters. The highest BCUT2D eigenvalue weighted by atomic mass is 16.5. The molecular formula is C30H31NO. The van der Waals surface area contributed by atoms with E-state index in [4.69, 9.17) is 0 Å². The molecular weight excluding hydrogens is 390 g/mol. The van der Waals surface area contributed by atoms with Gasteiger partial charge in [-0.1, -0.05) is 71.8 Å². The number of aryl methyl sites for hydroxylation is 6. The molecule has 32 heavy (non-hydrogen) atoms. The lowest BCUT2D eigenvalue weighted by Crippen LogP contribution is -2.14. The van der Waals surface area contributed by atoms with Gasteiger partial charge in [0.05, 0.1) is 11.4 Å². The lowest BCUT2D eigenvalue weighted by atomic mass is 9.87. The van der Waals surface area contributed by atoms with E-state index in [1.165, 1.54) is 49.6 Å². The summed E-state index contributed by atoms with van der Waals surface area (Å²) in [5.74, 6) is 0. The second-order valence-corrected chi connectivity index (χ2v) is 8.90. The number of hydrogen-bond acceptors (Lipinski definition) is 2. The van der Waals surface area contributed by atoms with Gasteiger partial charge in [-0.3, -0.25) is 5.21 Å². The standard InChI is InChI=1S/C30H31NO/c1-19-15-21(3)28(22(4)16-19)26-13-10-14-27(29-23(5)17-20(2)18-24(29)6)30(26)31(32)25-11-8-7-9-12-25/h7-18,32H,1-6H3. The number of hydrogen-bond donors (Lipinski definition) is 1. The molecule has 0 bridgehead atoms. The van der Waals surface area contributed by atoms with E-state index in [1.54, 1.807) is 0 Å². The third-order valence-corrected chi connectivity index (χ3v) is 6.14. The van der Waals surface area contributed by atoms with E-state index >= 15 is 0 Å². The van der Waals surface area contributed by atoms with Crippen LogP contribution in [0.4, 0.5) is 11.4 Å². The van der Waals surface area contributed by atoms with Crippen molar-refractivity contribution >= 4 is 11.4 Å². The average Bonchev–Trinajstić information content (AvgIpc) is 2.72. The zero-order chi connectivity index (χ0) is 23.0. The van der Waals surface area contributed by atoms with Gasteiger partial charge in [0.15, 0.2) is 0 Å². The molecule has 1 N–H and O–H groups in total. The van der Waals surface area contributed by atoms with Crippen molar-refractivity contribution in [3.63, 3.8) is 0 Å². The van der Waals surface area contributed by atoms with E-state index in [9.17, 15) is 5.21 Å². The first-order valence-electron chi connectivity index (χ1n) is 11.1. The van der Waals surface area contributed by atoms with Crippen molar-refractivity contribution in [3.8, 4) is 22.3 Å². The monoisotopic (exact) mass is 421 g/mol. The summed E-state index contributed by atoms with van der Waals surface area (Å²) in [7, 11) is 0. The summed E-state index contributed by atoms with van der Waals surface area (Å²) in [6.07, 6.45) is 0. The first-order valence-corrected chi connectivity index (χ1v) is 11.1. The first-order chi connectivity index (χ1) is 15.3. The summed E-state index contributed by atoms with van der Waals surface area (Å²) in [6, 6.07) is 24.9. The molecule has 4 rings (SSSR count). The van der Waals surface area contributed by atoms with Crippen molar-refractivity contribution in [1.82, 2.24) is 0 Å². The third-order valence-electron chi connectivity index (χ3n) is 6.14. The topological polar surface area (TPSA) is 23.5 Å². The number of benzene rings is 4. The van der Waals surface area contributed by atoms with Gasteiger partial charge in [-0.2, -0.15) is 0 Å². The van der Waals surface area contributed by atoms with E-state index in [0.29, 0.717) is 0 Å². The van der Waals surface area contributed by atoms with Crippen LogP contribution in [-0.4, -0.2) is 5.21 Å². The van der Waals surface area contributed by atoms with Crippen molar-refractivity contribution < 1.29 is 5.21 Å². The van der Waals surface area contributed by atoms with E-state index in [-0.39, 0.29) is 0 Å². The van der Waals surface area contributed by atoms with Crippen LogP contribution >= 0.6 is 0 Å². The maximum absolute atomic E-state index is 11.6. The zero-order valence-corrected chi connectivity index (χ0v) is 19.8. The maximum Gasteiger partial charge on any atom is 0.0850 e. The van der Waals surface area contributed by atoms with Gasteiger partial charge in [0, 0.05) is 11.1 Å². The van der Waals surface area contributed by atoms with E-state index in [2.05, 4.69) is 84.0 Å². The highest BCUT2D eigenvalue weighted by Crippen LogP contribution is 2.45. The predicted octanol–water partition coefficient (Wildman–Crippen LogP) is 8.40. The predicted molar refractivity (Wildman–Crippen MR) is 136 cm³/mol. The molecule has 0 aliphatic heterocycles. The van der Waals surface area contributed by atoms with Gasteiger partial charge in [0.25, 0.3) is 0 Å². The van der Waals surface area contributed by atoms with Gasteiger partial charge < -0.3 is 0 Å². The summed E-state index contributed by atoms with van der Waals surface area (Å²) >= 11 is 0. The number of rotatable bonds is 4. The second kappa shape index (κ2) is 8.64. The molecule has 2 nitrogen and oxygen atoms in total. The van der Waals surface area contributed by atoms with Crippen molar-refractivity contribution in [2.24, 2.45) is 0 Å². The maximum atomic E-state index is 11.6. The van der Waals surface area contributed by atoms with Crippen LogP contribution in [0, 0.1) is 41.5 Å². The molecule has 4 aromatic carbocycles. The minimum atomic E-state index is 0.742. The van der Waals surface area contributed by atoms with E-state index in [0.717, 1.165) is 22.5 Å². The minimum absolute atomic E-state index is 0.742. The Balaban J connectivity index is 2.09. The fraction of sp³-hybridized carbons (Fsp3) is 0.200. The van der Waals surface area contributed by atoms with Gasteiger partial charge >= 0.3 is 0 Å². The van der Waals surface area contributed by atoms with Crippen molar-refractivity contribution in [2.75, 3.05) is 5.06 Å². The molecule has 0 spiro atoms. The Labute approximate surface area is 191 Å². The fourth-order valence-corrected chi connectivity index (χ4v) is 5.08. The molecule has 0 saturated heterocycles. The summed E-state index contributed by atoms with van der Waals surface area (Å²) in [5.41, 5.74) is 13.3. The molecule has 0 unspecified atom stereocenters. The van der Waals surface area contributed by atoms with Crippen molar-refractivity contribution in [1.29, 1.82) is 0 Å². The fourth-order valence-electron chi connectivity index (χ4n) is 5.08. The Morgan fingerprint density at radius 1 is 0.531 bits per heavy atom. The Morgan fingerprint density at radius 2 is 0.938 bits per heavy atom. The van der Waals surface area contributed by atoms with Crippen LogP contribution < -0.4 is 5.06 Å². The molecule has 0 amide bonds. The minimum Gasteiger partial charge on any atom is -0.283 e. The normalized spacial score (nSPS) is 11.0. The molecule has 162 valence electrons. The molecule has 0 fully saturated rings. The molecule has 0 aliphatic rings. The van der Waals surface area contributed by atoms with Gasteiger partial charge in [-0.25, -0.2) is 5.06 Å². The Kier molecular flexibility index (Phi) is 5.90. The van der Waals surface area contributed by atoms with Crippen LogP contribution in [-0.2, 0) is 0 Å². The highest BCUT2D eigenvalue weighted by molar-refractivity contribution is 5.95. The van der Waals surface area contributed by atoms with Crippen molar-refractivity contribution in [3.05, 3.63) is 106 Å². The van der Waals surface area contributed by atoms with Crippen LogP contribution in [0.2, 0.25) is 0 Å². The third kappa shape index (κ3) is 3.94. The van der Waals surface area contributed by atoms with Crippen LogP contribution in [0.1, 0.15) is 33.4 Å². The molecule has 0 radical (unpaired) electrons. The van der Waals surface area contributed by atoms with Crippen LogP contribution in [0.15, 0.2) is 72.8 Å². The van der Waals surface area contributed by atoms with Crippen LogP contribution in [0.5, 0.6) is 0 Å². The average molecular weight is 422 g/mol. The molecule has 2 heteroatoms. The first kappa shape index (κ1) is 21.9. The van der Waals surface area contributed by atoms with E-state index in [1.807, 2.05) is 30.3 Å². The molecule has 0 aromatic heterocycles. The van der Waals surface area contributed by atoms with Gasteiger partial charge in [0.2, 0.25) is 0 Å². The van der Waals surface area contributed by atoms with Gasteiger partial charge in [-0.05, 0) is 87.1 Å². The van der Waals surface area contributed by atoms with Crippen LogP contribution in [0.3, 0.4) is 0 Å². The number of anilines is 2. The van der Waals surface area contributed by atoms with E-state index < -0.39 is 0 Å². The number of para-hydroxylation sites is 2. The lowest BCUT2D eigenvalue weighted by Gasteiger charge is -2.27. The Bertz CT molecular complexity index is 1170.